The third kappa shape index (κ3) is 3.81. The molecule has 0 spiro atoms. The first-order chi connectivity index (χ1) is 11.2. The fourth-order valence-electron chi connectivity index (χ4n) is 2.51. The minimum Gasteiger partial charge on any atom is -0.481 e. The molecule has 0 aromatic heterocycles. The average molecular weight is 338 g/mol. The lowest BCUT2D eigenvalue weighted by Crippen LogP contribution is -2.37. The van der Waals surface area contributed by atoms with Gasteiger partial charge in [-0.2, -0.15) is 0 Å². The number of hydrogen-bond acceptors (Lipinski definition) is 4. The average Bonchev–Trinajstić information content (AvgIpc) is 2.94. The number of carboxylic acid groups (broad SMARTS) is 1. The second kappa shape index (κ2) is 6.86. The van der Waals surface area contributed by atoms with Gasteiger partial charge in [0.25, 0.3) is 0 Å². The summed E-state index contributed by atoms with van der Waals surface area (Å²) in [4.78, 5) is 35.9. The number of anilines is 1. The van der Waals surface area contributed by atoms with Crippen molar-refractivity contribution in [3.05, 3.63) is 29.6 Å². The first kappa shape index (κ1) is 17.7. The van der Waals surface area contributed by atoms with Crippen LogP contribution in [0.15, 0.2) is 18.2 Å². The Bertz CT molecular complexity index is 678. The van der Waals surface area contributed by atoms with Crippen LogP contribution in [0.4, 0.5) is 14.9 Å². The number of ether oxygens (including phenoxy) is 1. The first-order valence-corrected chi connectivity index (χ1v) is 7.40. The van der Waals surface area contributed by atoms with Gasteiger partial charge in [0.05, 0.1) is 18.9 Å². The van der Waals surface area contributed by atoms with E-state index in [4.69, 9.17) is 0 Å². The van der Waals surface area contributed by atoms with Gasteiger partial charge in [0.1, 0.15) is 5.82 Å². The summed E-state index contributed by atoms with van der Waals surface area (Å²) in [6.45, 7) is 2.00. The maximum Gasteiger partial charge on any atom is 0.321 e. The van der Waals surface area contributed by atoms with E-state index in [9.17, 15) is 23.9 Å². The van der Waals surface area contributed by atoms with E-state index in [1.807, 2.05) is 0 Å². The van der Waals surface area contributed by atoms with Crippen LogP contribution in [0.25, 0.3) is 0 Å². The Morgan fingerprint density at radius 1 is 1.42 bits per heavy atom. The number of esters is 1. The molecule has 1 aliphatic rings. The fraction of sp³-hybridized carbons (Fsp3) is 0.438. The topological polar surface area (TPSA) is 95.9 Å². The maximum absolute atomic E-state index is 14.0. The van der Waals surface area contributed by atoms with Crippen molar-refractivity contribution in [3.8, 4) is 0 Å². The molecule has 0 bridgehead atoms. The lowest BCUT2D eigenvalue weighted by molar-refractivity contribution is -0.147. The van der Waals surface area contributed by atoms with Gasteiger partial charge in [-0.25, -0.2) is 9.18 Å². The number of aliphatic carboxylic acids is 1. The number of hydrogen-bond donors (Lipinski definition) is 2. The summed E-state index contributed by atoms with van der Waals surface area (Å²) in [6.07, 6.45) is 0.168. The number of halogens is 1. The molecular formula is C16H19FN2O5. The van der Waals surface area contributed by atoms with E-state index in [0.29, 0.717) is 13.0 Å². The summed E-state index contributed by atoms with van der Waals surface area (Å²) in [5.41, 5.74) is -0.568. The predicted molar refractivity (Wildman–Crippen MR) is 83.1 cm³/mol. The Labute approximate surface area is 138 Å². The highest BCUT2D eigenvalue weighted by Crippen LogP contribution is 2.30. The van der Waals surface area contributed by atoms with Gasteiger partial charge in [-0.05, 0) is 31.0 Å². The van der Waals surface area contributed by atoms with Gasteiger partial charge in [-0.15, -0.1) is 0 Å². The van der Waals surface area contributed by atoms with Crippen LogP contribution in [0.1, 0.15) is 18.9 Å². The molecule has 1 fully saturated rings. The summed E-state index contributed by atoms with van der Waals surface area (Å²) in [5.74, 6) is -2.14. The number of urea groups is 1. The minimum atomic E-state index is -0.965. The first-order valence-electron chi connectivity index (χ1n) is 7.40. The largest absolute Gasteiger partial charge is 0.481 e. The van der Waals surface area contributed by atoms with Crippen LogP contribution >= 0.6 is 0 Å². The molecule has 24 heavy (non-hydrogen) atoms. The van der Waals surface area contributed by atoms with Crippen molar-refractivity contribution in [1.29, 1.82) is 0 Å². The SMILES string of the molecule is COC(=O)Cc1ccc(NC(=O)N2CCC(C)(C(=O)O)C2)cc1F. The Balaban J connectivity index is 2.01. The third-order valence-electron chi connectivity index (χ3n) is 4.14. The molecular weight excluding hydrogens is 319 g/mol. The van der Waals surface area contributed by atoms with E-state index >= 15 is 0 Å². The van der Waals surface area contributed by atoms with Crippen LogP contribution in [0, 0.1) is 11.2 Å². The van der Waals surface area contributed by atoms with Gasteiger partial charge in [-0.1, -0.05) is 6.07 Å². The second-order valence-electron chi connectivity index (χ2n) is 6.03. The Kier molecular flexibility index (Phi) is 5.06. The van der Waals surface area contributed by atoms with Crippen LogP contribution in [0.2, 0.25) is 0 Å². The summed E-state index contributed by atoms with van der Waals surface area (Å²) < 4.78 is 18.4. The highest BCUT2D eigenvalue weighted by molar-refractivity contribution is 5.90. The lowest BCUT2D eigenvalue weighted by Gasteiger charge is -2.20. The van der Waals surface area contributed by atoms with Gasteiger partial charge in [0, 0.05) is 18.8 Å². The van der Waals surface area contributed by atoms with E-state index in [1.54, 1.807) is 6.92 Å². The van der Waals surface area contributed by atoms with Crippen molar-refractivity contribution in [2.45, 2.75) is 19.8 Å². The molecule has 1 heterocycles. The van der Waals surface area contributed by atoms with Gasteiger partial charge < -0.3 is 20.1 Å². The van der Waals surface area contributed by atoms with E-state index in [0.717, 1.165) is 6.07 Å². The monoisotopic (exact) mass is 338 g/mol. The fourth-order valence-corrected chi connectivity index (χ4v) is 2.51. The molecule has 1 unspecified atom stereocenters. The van der Waals surface area contributed by atoms with Crippen molar-refractivity contribution in [1.82, 2.24) is 4.90 Å². The van der Waals surface area contributed by atoms with E-state index in [2.05, 4.69) is 10.1 Å². The highest BCUT2D eigenvalue weighted by Gasteiger charge is 2.42. The molecule has 0 aliphatic carbocycles. The number of rotatable bonds is 4. The normalized spacial score (nSPS) is 19.9. The number of nitrogens with zero attached hydrogens (tertiary/aromatic N) is 1. The molecule has 1 aromatic rings. The molecule has 130 valence electrons. The zero-order chi connectivity index (χ0) is 17.9. The van der Waals surface area contributed by atoms with Crippen molar-refractivity contribution < 1.29 is 28.6 Å². The molecule has 1 aliphatic heterocycles. The number of methoxy groups -OCH3 is 1. The Morgan fingerprint density at radius 2 is 2.12 bits per heavy atom. The molecule has 1 atom stereocenters. The zero-order valence-corrected chi connectivity index (χ0v) is 13.5. The highest BCUT2D eigenvalue weighted by atomic mass is 19.1. The predicted octanol–water partition coefficient (Wildman–Crippen LogP) is 1.87. The van der Waals surface area contributed by atoms with Crippen molar-refractivity contribution in [3.63, 3.8) is 0 Å². The lowest BCUT2D eigenvalue weighted by atomic mass is 9.90. The second-order valence-corrected chi connectivity index (χ2v) is 6.03. The Hall–Kier alpha value is -2.64. The number of carbonyl (C=O) groups is 3. The van der Waals surface area contributed by atoms with Crippen LogP contribution in [-0.4, -0.2) is 48.2 Å². The summed E-state index contributed by atoms with van der Waals surface area (Å²) in [5, 5.41) is 11.7. The number of amides is 2. The quantitative estimate of drug-likeness (QED) is 0.817. The van der Waals surface area contributed by atoms with E-state index in [1.165, 1.54) is 24.1 Å². The minimum absolute atomic E-state index is 0.0943. The molecule has 2 amide bonds. The number of nitrogens with one attached hydrogen (secondary N) is 1. The number of benzene rings is 1. The van der Waals surface area contributed by atoms with Crippen molar-refractivity contribution >= 4 is 23.7 Å². The van der Waals surface area contributed by atoms with E-state index in [-0.39, 0.29) is 24.2 Å². The van der Waals surface area contributed by atoms with Gasteiger partial charge in [0.15, 0.2) is 0 Å². The van der Waals surface area contributed by atoms with Crippen molar-refractivity contribution in [2.75, 3.05) is 25.5 Å². The van der Waals surface area contributed by atoms with Crippen LogP contribution in [-0.2, 0) is 20.7 Å². The number of carbonyl (C=O) groups excluding carboxylic acids is 2. The summed E-state index contributed by atoms with van der Waals surface area (Å²) in [6, 6.07) is 3.50. The summed E-state index contributed by atoms with van der Waals surface area (Å²) in [7, 11) is 1.22. The zero-order valence-electron chi connectivity index (χ0n) is 13.5. The molecule has 1 saturated heterocycles. The van der Waals surface area contributed by atoms with Gasteiger partial charge >= 0.3 is 18.0 Å². The molecule has 0 radical (unpaired) electrons. The van der Waals surface area contributed by atoms with E-state index < -0.39 is 29.2 Å². The van der Waals surface area contributed by atoms with Crippen molar-refractivity contribution in [2.24, 2.45) is 5.41 Å². The van der Waals surface area contributed by atoms with Crippen LogP contribution in [0.5, 0.6) is 0 Å². The molecule has 7 nitrogen and oxygen atoms in total. The van der Waals surface area contributed by atoms with Gasteiger partial charge in [0.2, 0.25) is 0 Å². The smallest absolute Gasteiger partial charge is 0.321 e. The van der Waals surface area contributed by atoms with Crippen LogP contribution in [0.3, 0.4) is 0 Å². The maximum atomic E-state index is 14.0. The standard InChI is InChI=1S/C16H19FN2O5/c1-16(14(21)22)5-6-19(9-16)15(23)18-11-4-3-10(12(17)8-11)7-13(20)24-2/h3-4,8H,5-7,9H2,1-2H3,(H,18,23)(H,21,22). The van der Waals surface area contributed by atoms with Gasteiger partial charge in [-0.3, -0.25) is 9.59 Å². The summed E-state index contributed by atoms with van der Waals surface area (Å²) >= 11 is 0. The number of likely N-dealkylation sites (tertiary alicyclic amines) is 1. The number of carboxylic acids is 1. The third-order valence-corrected chi connectivity index (χ3v) is 4.14. The van der Waals surface area contributed by atoms with Crippen LogP contribution < -0.4 is 5.32 Å². The molecule has 1 aromatic carbocycles. The molecule has 8 heteroatoms. The molecule has 2 rings (SSSR count). The Morgan fingerprint density at radius 3 is 2.67 bits per heavy atom. The molecule has 0 saturated carbocycles. The molecule has 2 N–H and O–H groups in total.